The van der Waals surface area contributed by atoms with Crippen molar-refractivity contribution in [3.05, 3.63) is 83.4 Å². The average molecular weight is 483 g/mol. The van der Waals surface area contributed by atoms with Gasteiger partial charge in [-0.2, -0.15) is 13.5 Å². The van der Waals surface area contributed by atoms with Gasteiger partial charge in [0.2, 0.25) is 0 Å². The number of carbonyl (C=O) groups excluding carboxylic acids is 1. The van der Waals surface area contributed by atoms with Gasteiger partial charge in [-0.15, -0.1) is 0 Å². The third-order valence-electron chi connectivity index (χ3n) is 4.66. The van der Waals surface area contributed by atoms with Crippen molar-refractivity contribution >= 4 is 22.2 Å². The van der Waals surface area contributed by atoms with Gasteiger partial charge in [0, 0.05) is 5.56 Å². The van der Waals surface area contributed by atoms with Crippen LogP contribution in [0.25, 0.3) is 0 Å². The van der Waals surface area contributed by atoms with Crippen molar-refractivity contribution in [1.82, 2.24) is 5.43 Å². The molecule has 0 saturated heterocycles. The van der Waals surface area contributed by atoms with Gasteiger partial charge < -0.3 is 13.7 Å². The molecule has 0 atom stereocenters. The number of methoxy groups -OCH3 is 1. The molecule has 0 aliphatic heterocycles. The van der Waals surface area contributed by atoms with Crippen molar-refractivity contribution in [3.63, 3.8) is 0 Å². The predicted molar refractivity (Wildman–Crippen MR) is 129 cm³/mol. The maximum absolute atomic E-state index is 12.4. The van der Waals surface area contributed by atoms with Crippen LogP contribution in [0.3, 0.4) is 0 Å². The average Bonchev–Trinajstić information content (AvgIpc) is 2.83. The molecule has 3 aromatic rings. The Morgan fingerprint density at radius 3 is 2.35 bits per heavy atom. The molecule has 0 aliphatic rings. The lowest BCUT2D eigenvalue weighted by Gasteiger charge is -2.11. The molecule has 1 N–H and O–H groups in total. The first-order valence-electron chi connectivity index (χ1n) is 10.6. The number of hydrazone groups is 1. The second kappa shape index (κ2) is 11.3. The Balaban J connectivity index is 1.60. The number of ether oxygens (including phenoxy) is 2. The lowest BCUT2D eigenvalue weighted by molar-refractivity contribution is 0.0954. The van der Waals surface area contributed by atoms with Crippen molar-refractivity contribution in [2.75, 3.05) is 13.7 Å². The van der Waals surface area contributed by atoms with Crippen molar-refractivity contribution in [2.24, 2.45) is 5.10 Å². The molecule has 0 unspecified atom stereocenters. The number of nitrogens with one attached hydrogen (secondary N) is 1. The summed E-state index contributed by atoms with van der Waals surface area (Å²) in [6.45, 7) is 4.42. The summed E-state index contributed by atoms with van der Waals surface area (Å²) in [4.78, 5) is 12.5. The maximum Gasteiger partial charge on any atom is 0.339 e. The summed E-state index contributed by atoms with van der Waals surface area (Å²) in [5, 5.41) is 3.95. The van der Waals surface area contributed by atoms with Gasteiger partial charge in [-0.3, -0.25) is 4.79 Å². The minimum Gasteiger partial charge on any atom is -0.493 e. The molecule has 1 amide bonds. The topological polar surface area (TPSA) is 103 Å². The molecule has 9 heteroatoms. The Labute approximate surface area is 199 Å². The van der Waals surface area contributed by atoms with Crippen LogP contribution in [0.15, 0.2) is 76.7 Å². The summed E-state index contributed by atoms with van der Waals surface area (Å²) < 4.78 is 40.8. The number of hydrogen-bond acceptors (Lipinski definition) is 7. The summed E-state index contributed by atoms with van der Waals surface area (Å²) in [6, 6.07) is 17.5. The molecule has 0 aliphatic carbocycles. The number of nitrogens with zero attached hydrogens (tertiary/aromatic N) is 1. The highest BCUT2D eigenvalue weighted by molar-refractivity contribution is 7.87. The highest BCUT2D eigenvalue weighted by atomic mass is 32.2. The van der Waals surface area contributed by atoms with Gasteiger partial charge in [-0.25, -0.2) is 5.43 Å². The molecular weight excluding hydrogens is 456 g/mol. The summed E-state index contributed by atoms with van der Waals surface area (Å²) in [6.07, 6.45) is 2.29. The van der Waals surface area contributed by atoms with E-state index in [0.29, 0.717) is 29.2 Å². The molecule has 0 saturated carbocycles. The summed E-state index contributed by atoms with van der Waals surface area (Å²) in [5.74, 6) is 0.775. The van der Waals surface area contributed by atoms with Crippen LogP contribution in [-0.2, 0) is 10.1 Å². The predicted octanol–water partition coefficient (Wildman–Crippen LogP) is 4.32. The molecule has 34 heavy (non-hydrogen) atoms. The van der Waals surface area contributed by atoms with Crippen molar-refractivity contribution in [1.29, 1.82) is 0 Å². The molecule has 0 fully saturated rings. The molecule has 3 aromatic carbocycles. The number of amides is 1. The summed E-state index contributed by atoms with van der Waals surface area (Å²) in [5.41, 5.74) is 4.40. The fourth-order valence-electron chi connectivity index (χ4n) is 2.86. The minimum absolute atomic E-state index is 0.0769. The highest BCUT2D eigenvalue weighted by Gasteiger charge is 2.16. The lowest BCUT2D eigenvalue weighted by atomic mass is 10.2. The minimum atomic E-state index is -3.93. The highest BCUT2D eigenvalue weighted by Crippen LogP contribution is 2.28. The van der Waals surface area contributed by atoms with Gasteiger partial charge >= 0.3 is 10.1 Å². The molecular formula is C25H26N2O6S. The molecule has 178 valence electrons. The Kier molecular flexibility index (Phi) is 8.26. The van der Waals surface area contributed by atoms with E-state index in [1.165, 1.54) is 37.6 Å². The molecule has 3 rings (SSSR count). The van der Waals surface area contributed by atoms with Gasteiger partial charge in [-0.1, -0.05) is 24.6 Å². The van der Waals surface area contributed by atoms with Crippen LogP contribution < -0.4 is 19.1 Å². The second-order valence-corrected chi connectivity index (χ2v) is 8.88. The van der Waals surface area contributed by atoms with Crippen LogP contribution in [0, 0.1) is 6.92 Å². The van der Waals surface area contributed by atoms with Gasteiger partial charge in [0.1, 0.15) is 10.6 Å². The normalized spacial score (nSPS) is 11.3. The second-order valence-electron chi connectivity index (χ2n) is 7.33. The lowest BCUT2D eigenvalue weighted by Crippen LogP contribution is -2.17. The van der Waals surface area contributed by atoms with E-state index in [4.69, 9.17) is 13.7 Å². The zero-order valence-corrected chi connectivity index (χ0v) is 20.0. The van der Waals surface area contributed by atoms with E-state index < -0.39 is 16.0 Å². The standard InChI is InChI=1S/C25H26N2O6S/c1-4-15-32-23-14-9-20(16-24(23)31-3)25(28)27-26-17-19-7-10-21(11-8-19)33-34(29,30)22-12-5-18(2)6-13-22/h5-14,16-17H,4,15H2,1-3H3,(H,27,28)/b26-17+. The van der Waals surface area contributed by atoms with Crippen molar-refractivity contribution < 1.29 is 26.9 Å². The fourth-order valence-corrected chi connectivity index (χ4v) is 3.79. The van der Waals surface area contributed by atoms with Gasteiger partial charge in [-0.05, 0) is 73.5 Å². The number of aryl methyl sites for hydroxylation is 1. The fraction of sp³-hybridized carbons (Fsp3) is 0.200. The van der Waals surface area contributed by atoms with Gasteiger partial charge in [0.25, 0.3) is 5.91 Å². The van der Waals surface area contributed by atoms with Crippen LogP contribution in [0.2, 0.25) is 0 Å². The Morgan fingerprint density at radius 2 is 1.71 bits per heavy atom. The quantitative estimate of drug-likeness (QED) is 0.262. The van der Waals surface area contributed by atoms with Gasteiger partial charge in [0.15, 0.2) is 11.5 Å². The van der Waals surface area contributed by atoms with E-state index in [1.54, 1.807) is 42.5 Å². The molecule has 0 spiro atoms. The smallest absolute Gasteiger partial charge is 0.339 e. The van der Waals surface area contributed by atoms with Crippen LogP contribution in [0.1, 0.15) is 34.8 Å². The monoisotopic (exact) mass is 482 g/mol. The van der Waals surface area contributed by atoms with Crippen LogP contribution in [0.5, 0.6) is 17.2 Å². The van der Waals surface area contributed by atoms with E-state index in [2.05, 4.69) is 10.5 Å². The van der Waals surface area contributed by atoms with Crippen molar-refractivity contribution in [2.45, 2.75) is 25.2 Å². The van der Waals surface area contributed by atoms with Crippen LogP contribution in [0.4, 0.5) is 0 Å². The van der Waals surface area contributed by atoms with Crippen LogP contribution >= 0.6 is 0 Å². The summed E-state index contributed by atoms with van der Waals surface area (Å²) in [7, 11) is -2.42. The molecule has 8 nitrogen and oxygen atoms in total. The molecule has 0 heterocycles. The largest absolute Gasteiger partial charge is 0.493 e. The van der Waals surface area contributed by atoms with E-state index in [-0.39, 0.29) is 10.6 Å². The third kappa shape index (κ3) is 6.58. The Bertz CT molecular complexity index is 1250. The number of carbonyl (C=O) groups is 1. The third-order valence-corrected chi connectivity index (χ3v) is 5.92. The molecule has 0 bridgehead atoms. The molecule has 0 radical (unpaired) electrons. The first-order chi connectivity index (χ1) is 16.3. The number of rotatable bonds is 10. The van der Waals surface area contributed by atoms with E-state index in [9.17, 15) is 13.2 Å². The maximum atomic E-state index is 12.4. The Hall–Kier alpha value is -3.85. The molecule has 0 aromatic heterocycles. The zero-order valence-electron chi connectivity index (χ0n) is 19.1. The first-order valence-corrected chi connectivity index (χ1v) is 12.0. The zero-order chi connectivity index (χ0) is 24.6. The number of hydrogen-bond donors (Lipinski definition) is 1. The first kappa shape index (κ1) is 24.8. The summed E-state index contributed by atoms with van der Waals surface area (Å²) >= 11 is 0. The number of benzene rings is 3. The SMILES string of the molecule is CCCOc1ccc(C(=O)N/N=C/c2ccc(OS(=O)(=O)c3ccc(C)cc3)cc2)cc1OC. The van der Waals surface area contributed by atoms with Crippen LogP contribution in [-0.4, -0.2) is 34.3 Å². The van der Waals surface area contributed by atoms with Gasteiger partial charge in [0.05, 0.1) is 19.9 Å². The van der Waals surface area contributed by atoms with E-state index in [0.717, 1.165) is 12.0 Å². The Morgan fingerprint density at radius 1 is 1.00 bits per heavy atom. The van der Waals surface area contributed by atoms with Crippen molar-refractivity contribution in [3.8, 4) is 17.2 Å². The van der Waals surface area contributed by atoms with E-state index in [1.807, 2.05) is 13.8 Å². The van der Waals surface area contributed by atoms with E-state index >= 15 is 0 Å².